The van der Waals surface area contributed by atoms with Gasteiger partial charge in [-0.05, 0) is 72.1 Å². The topological polar surface area (TPSA) is 86.7 Å². The Balaban J connectivity index is 2.16. The van der Waals surface area contributed by atoms with Gasteiger partial charge in [0.05, 0.1) is 12.2 Å². The van der Waals surface area contributed by atoms with E-state index in [1.165, 1.54) is 37.3 Å². The third kappa shape index (κ3) is 5.90. The first-order valence-corrected chi connectivity index (χ1v) is 10.4. The lowest BCUT2D eigenvalue weighted by molar-refractivity contribution is -0.116. The summed E-state index contributed by atoms with van der Waals surface area (Å²) in [4.78, 5) is 22.7. The first-order valence-electron chi connectivity index (χ1n) is 8.22. The molecule has 0 atom stereocenters. The quantitative estimate of drug-likeness (QED) is 0.443. The molecule has 0 heterocycles. The highest BCUT2D eigenvalue weighted by Gasteiger charge is 2.21. The number of ether oxygens (including phenoxy) is 1. The predicted molar refractivity (Wildman–Crippen MR) is 103 cm³/mol. The second-order valence-corrected chi connectivity index (χ2v) is 8.12. The molecule has 2 aromatic carbocycles. The summed E-state index contributed by atoms with van der Waals surface area (Å²) in [6, 6.07) is 10.5. The monoisotopic (exact) mass is 454 g/mol. The average molecular weight is 455 g/mol. The van der Waals surface area contributed by atoms with E-state index in [2.05, 4.69) is 15.9 Å². The molecule has 0 aliphatic heterocycles. The fourth-order valence-corrected chi connectivity index (χ4v) is 4.21. The molecule has 27 heavy (non-hydrogen) atoms. The molecule has 0 aromatic heterocycles. The number of rotatable bonds is 8. The molecule has 0 spiro atoms. The Morgan fingerprint density at radius 1 is 1.07 bits per heavy atom. The molecule has 0 aliphatic carbocycles. The Morgan fingerprint density at radius 2 is 1.74 bits per heavy atom. The van der Waals surface area contributed by atoms with Gasteiger partial charge in [0.15, 0.2) is 0 Å². The van der Waals surface area contributed by atoms with Crippen LogP contribution in [0, 0.1) is 0 Å². The van der Waals surface area contributed by atoms with Gasteiger partial charge in [0.1, 0.15) is 16.4 Å². The molecule has 0 N–H and O–H groups in total. The smallest absolute Gasteiger partial charge is 0.340 e. The van der Waals surface area contributed by atoms with Gasteiger partial charge in [-0.1, -0.05) is 12.1 Å². The number of hydrogen-bond donors (Lipinski definition) is 0. The Bertz CT molecular complexity index is 935. The minimum Gasteiger partial charge on any atom is -0.462 e. The van der Waals surface area contributed by atoms with Crippen LogP contribution in [0.2, 0.25) is 0 Å². The number of halogens is 1. The van der Waals surface area contributed by atoms with E-state index in [4.69, 9.17) is 8.92 Å². The highest BCUT2D eigenvalue weighted by molar-refractivity contribution is 9.10. The van der Waals surface area contributed by atoms with Gasteiger partial charge in [-0.3, -0.25) is 0 Å². The molecule has 0 unspecified atom stereocenters. The van der Waals surface area contributed by atoms with Crippen molar-refractivity contribution in [3.05, 3.63) is 58.1 Å². The second-order valence-electron chi connectivity index (χ2n) is 5.75. The summed E-state index contributed by atoms with van der Waals surface area (Å²) < 4.78 is 35.3. The highest BCUT2D eigenvalue weighted by atomic mass is 79.9. The number of hydrogen-bond acceptors (Lipinski definition) is 6. The summed E-state index contributed by atoms with van der Waals surface area (Å²) in [5.74, 6) is -0.291. The van der Waals surface area contributed by atoms with Crippen molar-refractivity contribution in [2.45, 2.75) is 31.6 Å². The number of benzene rings is 2. The zero-order chi connectivity index (χ0) is 20.0. The summed E-state index contributed by atoms with van der Waals surface area (Å²) in [5.41, 5.74) is 1.15. The number of Topliss-reactive ketones (excluding diaryl/α,β-unsaturated/α-hetero) is 1. The van der Waals surface area contributed by atoms with Gasteiger partial charge < -0.3 is 13.7 Å². The van der Waals surface area contributed by atoms with Crippen LogP contribution in [0.3, 0.4) is 0 Å². The lowest BCUT2D eigenvalue weighted by Crippen LogP contribution is -2.12. The van der Waals surface area contributed by atoms with E-state index in [1.54, 1.807) is 19.1 Å². The molecular formula is C19H19BrO6S. The lowest BCUT2D eigenvalue weighted by atomic mass is 10.1. The zero-order valence-electron chi connectivity index (χ0n) is 14.9. The van der Waals surface area contributed by atoms with Crippen LogP contribution in [0.25, 0.3) is 0 Å². The first kappa shape index (κ1) is 21.1. The van der Waals surface area contributed by atoms with Crippen LogP contribution in [0.5, 0.6) is 5.75 Å². The van der Waals surface area contributed by atoms with Crippen molar-refractivity contribution in [1.82, 2.24) is 0 Å². The van der Waals surface area contributed by atoms with Crippen LogP contribution in [0.1, 0.15) is 36.2 Å². The normalized spacial score (nSPS) is 11.1. The molecule has 0 radical (unpaired) electrons. The summed E-state index contributed by atoms with van der Waals surface area (Å²) in [6.45, 7) is 3.43. The Morgan fingerprint density at radius 3 is 2.30 bits per heavy atom. The standard InChI is InChI=1S/C19H19BrO6S/c1-3-25-19(22)15-8-11-18(17(20)12-15)27(23,24)26-16-9-6-14(7-10-16)5-4-13(2)21/h6-12H,3-5H2,1-2H3. The van der Waals surface area contributed by atoms with Crippen molar-refractivity contribution < 1.29 is 26.9 Å². The molecule has 0 fully saturated rings. The molecular weight excluding hydrogens is 436 g/mol. The maximum absolute atomic E-state index is 12.5. The Kier molecular flexibility index (Phi) is 7.15. The van der Waals surface area contributed by atoms with Gasteiger partial charge in [0, 0.05) is 10.9 Å². The van der Waals surface area contributed by atoms with E-state index < -0.39 is 16.1 Å². The van der Waals surface area contributed by atoms with Gasteiger partial charge in [-0.25, -0.2) is 4.79 Å². The fraction of sp³-hybridized carbons (Fsp3) is 0.263. The number of esters is 1. The van der Waals surface area contributed by atoms with E-state index in [1.807, 2.05) is 0 Å². The van der Waals surface area contributed by atoms with Crippen LogP contribution in [0.4, 0.5) is 0 Å². The van der Waals surface area contributed by atoms with Gasteiger partial charge in [0.25, 0.3) is 0 Å². The van der Waals surface area contributed by atoms with Gasteiger partial charge >= 0.3 is 16.1 Å². The third-order valence-electron chi connectivity index (χ3n) is 3.61. The van der Waals surface area contributed by atoms with E-state index in [0.29, 0.717) is 12.8 Å². The van der Waals surface area contributed by atoms with Crippen LogP contribution >= 0.6 is 15.9 Å². The number of carbonyl (C=O) groups is 2. The minimum atomic E-state index is -4.09. The molecule has 8 heteroatoms. The molecule has 0 saturated heterocycles. The molecule has 2 aromatic rings. The van der Waals surface area contributed by atoms with Crippen LogP contribution in [0.15, 0.2) is 51.8 Å². The maximum atomic E-state index is 12.5. The van der Waals surface area contributed by atoms with E-state index in [0.717, 1.165) is 5.56 Å². The van der Waals surface area contributed by atoms with E-state index >= 15 is 0 Å². The van der Waals surface area contributed by atoms with E-state index in [-0.39, 0.29) is 33.1 Å². The fourth-order valence-electron chi connectivity index (χ4n) is 2.25. The molecule has 0 amide bonds. The second kappa shape index (κ2) is 9.14. The zero-order valence-corrected chi connectivity index (χ0v) is 17.3. The molecule has 0 bridgehead atoms. The van der Waals surface area contributed by atoms with Crippen LogP contribution in [-0.2, 0) is 26.1 Å². The van der Waals surface area contributed by atoms with Gasteiger partial charge in [0.2, 0.25) is 0 Å². The minimum absolute atomic E-state index is 0.0917. The highest BCUT2D eigenvalue weighted by Crippen LogP contribution is 2.27. The Hall–Kier alpha value is -2.19. The lowest BCUT2D eigenvalue weighted by Gasteiger charge is -2.10. The molecule has 2 rings (SSSR count). The van der Waals surface area contributed by atoms with Crippen LogP contribution < -0.4 is 4.18 Å². The number of aryl methyl sites for hydroxylation is 1. The SMILES string of the molecule is CCOC(=O)c1ccc(S(=O)(=O)Oc2ccc(CCC(C)=O)cc2)c(Br)c1. The Labute approximate surface area is 166 Å². The van der Waals surface area contributed by atoms with Crippen molar-refractivity contribution in [3.63, 3.8) is 0 Å². The van der Waals surface area contributed by atoms with Gasteiger partial charge in [-0.2, -0.15) is 8.42 Å². The van der Waals surface area contributed by atoms with Gasteiger partial charge in [-0.15, -0.1) is 0 Å². The van der Waals surface area contributed by atoms with Crippen molar-refractivity contribution in [3.8, 4) is 5.75 Å². The number of carbonyl (C=O) groups excluding carboxylic acids is 2. The number of ketones is 1. The predicted octanol–water partition coefficient (Wildman–Crippen LogP) is 3.92. The summed E-state index contributed by atoms with van der Waals surface area (Å²) in [6.07, 6.45) is 1.02. The average Bonchev–Trinajstić information content (AvgIpc) is 2.60. The summed E-state index contributed by atoms with van der Waals surface area (Å²) >= 11 is 3.16. The largest absolute Gasteiger partial charge is 0.462 e. The van der Waals surface area contributed by atoms with Crippen molar-refractivity contribution >= 4 is 37.8 Å². The molecule has 0 saturated carbocycles. The van der Waals surface area contributed by atoms with Crippen molar-refractivity contribution in [2.75, 3.05) is 6.61 Å². The van der Waals surface area contributed by atoms with Crippen LogP contribution in [-0.4, -0.2) is 26.8 Å². The first-order chi connectivity index (χ1) is 12.7. The van der Waals surface area contributed by atoms with Crippen molar-refractivity contribution in [2.24, 2.45) is 0 Å². The maximum Gasteiger partial charge on any atom is 0.340 e. The molecule has 144 valence electrons. The summed E-state index contributed by atoms with van der Waals surface area (Å²) in [5, 5.41) is 0. The summed E-state index contributed by atoms with van der Waals surface area (Å²) in [7, 11) is -4.09. The molecule has 0 aliphatic rings. The van der Waals surface area contributed by atoms with E-state index in [9.17, 15) is 18.0 Å². The molecule has 6 nitrogen and oxygen atoms in total. The third-order valence-corrected chi connectivity index (χ3v) is 5.83. The van der Waals surface area contributed by atoms with Crippen molar-refractivity contribution in [1.29, 1.82) is 0 Å².